The third-order valence-corrected chi connectivity index (χ3v) is 5.80. The van der Waals surface area contributed by atoms with E-state index in [1.807, 2.05) is 55.5 Å². The van der Waals surface area contributed by atoms with Crippen molar-refractivity contribution in [1.29, 1.82) is 0 Å². The number of carbonyl (C=O) groups excluding carboxylic acids is 1. The lowest BCUT2D eigenvalue weighted by atomic mass is 9.79. The molecular formula is C25H24N2O3. The molecule has 1 aliphatic heterocycles. The lowest BCUT2D eigenvalue weighted by Gasteiger charge is -2.29. The third-order valence-electron chi connectivity index (χ3n) is 5.80. The van der Waals surface area contributed by atoms with Crippen LogP contribution in [-0.2, 0) is 4.79 Å². The van der Waals surface area contributed by atoms with Gasteiger partial charge < -0.3 is 19.8 Å². The number of anilines is 2. The lowest BCUT2D eigenvalue weighted by molar-refractivity contribution is -0.116. The average Bonchev–Trinajstić information content (AvgIpc) is 3.23. The van der Waals surface area contributed by atoms with E-state index in [9.17, 15) is 4.79 Å². The summed E-state index contributed by atoms with van der Waals surface area (Å²) in [6.45, 7) is 2.61. The predicted molar refractivity (Wildman–Crippen MR) is 117 cm³/mol. The predicted octanol–water partition coefficient (Wildman–Crippen LogP) is 5.66. The van der Waals surface area contributed by atoms with E-state index in [-0.39, 0.29) is 17.7 Å². The van der Waals surface area contributed by atoms with Gasteiger partial charge in [-0.05, 0) is 61.2 Å². The van der Waals surface area contributed by atoms with Gasteiger partial charge in [0.05, 0.1) is 24.2 Å². The van der Waals surface area contributed by atoms with E-state index >= 15 is 0 Å². The number of nitrogens with one attached hydrogen (secondary N) is 2. The molecule has 5 heteroatoms. The van der Waals surface area contributed by atoms with Gasteiger partial charge in [0.15, 0.2) is 5.78 Å². The van der Waals surface area contributed by atoms with E-state index in [2.05, 4.69) is 22.8 Å². The van der Waals surface area contributed by atoms with Crippen LogP contribution in [-0.4, -0.2) is 12.4 Å². The van der Waals surface area contributed by atoms with Crippen LogP contribution in [0.5, 0.6) is 5.75 Å². The number of fused-ring (bicyclic) bond motifs is 1. The fraction of sp³-hybridized carbons (Fsp3) is 0.240. The summed E-state index contributed by atoms with van der Waals surface area (Å²) < 4.78 is 11.3. The van der Waals surface area contributed by atoms with Gasteiger partial charge in [-0.15, -0.1) is 0 Å². The zero-order valence-corrected chi connectivity index (χ0v) is 16.9. The molecule has 2 atom stereocenters. The maximum atomic E-state index is 13.4. The number of furan rings is 1. The maximum Gasteiger partial charge on any atom is 0.163 e. The Kier molecular flexibility index (Phi) is 4.79. The average molecular weight is 400 g/mol. The molecule has 2 heterocycles. The van der Waals surface area contributed by atoms with Gasteiger partial charge in [0.2, 0.25) is 0 Å². The second-order valence-corrected chi connectivity index (χ2v) is 7.69. The van der Waals surface area contributed by atoms with Crippen molar-refractivity contribution in [3.8, 4) is 5.75 Å². The minimum Gasteiger partial charge on any atom is -0.494 e. The number of benzene rings is 2. The first-order valence-corrected chi connectivity index (χ1v) is 10.4. The van der Waals surface area contributed by atoms with Crippen molar-refractivity contribution in [2.75, 3.05) is 17.2 Å². The van der Waals surface area contributed by atoms with Crippen LogP contribution in [0.25, 0.3) is 0 Å². The van der Waals surface area contributed by atoms with E-state index in [0.29, 0.717) is 13.0 Å². The monoisotopic (exact) mass is 400 g/mol. The highest BCUT2D eigenvalue weighted by atomic mass is 16.5. The highest BCUT2D eigenvalue weighted by Crippen LogP contribution is 2.44. The Hall–Kier alpha value is -3.47. The van der Waals surface area contributed by atoms with Crippen molar-refractivity contribution in [3.05, 3.63) is 89.5 Å². The van der Waals surface area contributed by atoms with Gasteiger partial charge in [-0.1, -0.05) is 24.3 Å². The van der Waals surface area contributed by atoms with Crippen LogP contribution >= 0.6 is 0 Å². The Morgan fingerprint density at radius 3 is 2.53 bits per heavy atom. The highest BCUT2D eigenvalue weighted by Gasteiger charge is 2.37. The smallest absolute Gasteiger partial charge is 0.163 e. The van der Waals surface area contributed by atoms with Crippen LogP contribution < -0.4 is 15.4 Å². The molecule has 0 saturated carbocycles. The van der Waals surface area contributed by atoms with Crippen LogP contribution in [0.3, 0.4) is 0 Å². The minimum atomic E-state index is -0.306. The van der Waals surface area contributed by atoms with Crippen LogP contribution in [0.2, 0.25) is 0 Å². The maximum absolute atomic E-state index is 13.4. The van der Waals surface area contributed by atoms with E-state index in [1.165, 1.54) is 0 Å². The third kappa shape index (κ3) is 3.36. The number of Topliss-reactive ketones (excluding diaryl/α,β-unsaturated/α-hetero) is 1. The summed E-state index contributed by atoms with van der Waals surface area (Å²) >= 11 is 0. The minimum absolute atomic E-state index is 0.127. The van der Waals surface area contributed by atoms with Crippen molar-refractivity contribution >= 4 is 17.2 Å². The number of rotatable bonds is 4. The summed E-state index contributed by atoms with van der Waals surface area (Å²) in [4.78, 5) is 13.4. The molecule has 1 aliphatic carbocycles. The first-order valence-electron chi connectivity index (χ1n) is 10.4. The number of hydrogen-bond acceptors (Lipinski definition) is 5. The van der Waals surface area contributed by atoms with Crippen LogP contribution in [0.1, 0.15) is 43.0 Å². The largest absolute Gasteiger partial charge is 0.494 e. The Morgan fingerprint density at radius 2 is 1.80 bits per heavy atom. The number of ketones is 1. The van der Waals surface area contributed by atoms with Gasteiger partial charge in [0.25, 0.3) is 0 Å². The van der Waals surface area contributed by atoms with Crippen molar-refractivity contribution < 1.29 is 13.9 Å². The Labute approximate surface area is 175 Å². The Morgan fingerprint density at radius 1 is 1.00 bits per heavy atom. The van der Waals surface area contributed by atoms with Gasteiger partial charge in [0, 0.05) is 17.7 Å². The Bertz CT molecular complexity index is 1080. The van der Waals surface area contributed by atoms with Gasteiger partial charge in [-0.3, -0.25) is 4.79 Å². The molecule has 2 unspecified atom stereocenters. The quantitative estimate of drug-likeness (QED) is 0.592. The number of allylic oxidation sites excluding steroid dienone is 1. The molecule has 0 saturated heterocycles. The van der Waals surface area contributed by atoms with E-state index in [4.69, 9.17) is 9.15 Å². The number of para-hydroxylation sites is 2. The summed E-state index contributed by atoms with van der Waals surface area (Å²) in [7, 11) is 0. The van der Waals surface area contributed by atoms with Gasteiger partial charge in [0.1, 0.15) is 17.6 Å². The van der Waals surface area contributed by atoms with Crippen molar-refractivity contribution in [2.24, 2.45) is 0 Å². The summed E-state index contributed by atoms with van der Waals surface area (Å²) in [6.07, 6.45) is 2.89. The topological polar surface area (TPSA) is 63.5 Å². The van der Waals surface area contributed by atoms with E-state index in [0.717, 1.165) is 46.1 Å². The first-order chi connectivity index (χ1) is 14.7. The summed E-state index contributed by atoms with van der Waals surface area (Å²) in [5, 5.41) is 7.06. The number of carbonyl (C=O) groups is 1. The fourth-order valence-electron chi connectivity index (χ4n) is 4.40. The first kappa shape index (κ1) is 18.6. The van der Waals surface area contributed by atoms with Crippen molar-refractivity contribution in [1.82, 2.24) is 0 Å². The molecule has 2 aliphatic rings. The molecule has 0 spiro atoms. The van der Waals surface area contributed by atoms with Crippen molar-refractivity contribution in [2.45, 2.75) is 31.7 Å². The fourth-order valence-corrected chi connectivity index (χ4v) is 4.40. The zero-order valence-electron chi connectivity index (χ0n) is 16.9. The summed E-state index contributed by atoms with van der Waals surface area (Å²) in [5.74, 6) is 1.87. The SMILES string of the molecule is CCOc1ccc(C2CC(=O)C3=C(C2)Nc2ccccc2NC3c2ccco2)cc1. The summed E-state index contributed by atoms with van der Waals surface area (Å²) in [5.41, 5.74) is 4.81. The number of ether oxygens (including phenoxy) is 1. The zero-order chi connectivity index (χ0) is 20.5. The van der Waals surface area contributed by atoms with Gasteiger partial charge >= 0.3 is 0 Å². The van der Waals surface area contributed by atoms with Gasteiger partial charge in [-0.2, -0.15) is 0 Å². The molecule has 5 nitrogen and oxygen atoms in total. The molecule has 0 radical (unpaired) electrons. The second kappa shape index (κ2) is 7.75. The lowest BCUT2D eigenvalue weighted by Crippen LogP contribution is -2.26. The molecule has 2 aromatic carbocycles. The normalized spacial score (nSPS) is 20.5. The molecular weight excluding hydrogens is 376 g/mol. The van der Waals surface area contributed by atoms with Crippen LogP contribution in [0, 0.1) is 0 Å². The molecule has 30 heavy (non-hydrogen) atoms. The molecule has 1 aromatic heterocycles. The van der Waals surface area contributed by atoms with Gasteiger partial charge in [-0.25, -0.2) is 0 Å². The van der Waals surface area contributed by atoms with Crippen LogP contribution in [0.15, 0.2) is 82.6 Å². The molecule has 152 valence electrons. The van der Waals surface area contributed by atoms with Crippen molar-refractivity contribution in [3.63, 3.8) is 0 Å². The molecule has 0 amide bonds. The highest BCUT2D eigenvalue weighted by molar-refractivity contribution is 6.01. The van der Waals surface area contributed by atoms with Crippen LogP contribution in [0.4, 0.5) is 11.4 Å². The molecule has 5 rings (SSSR count). The standard InChI is InChI=1S/C25H24N2O3/c1-2-29-18-11-9-16(10-12-18)17-14-21-24(22(28)15-17)25(23-8-5-13-30-23)27-20-7-4-3-6-19(20)26-21/h3-13,17,25-27H,2,14-15H2,1H3. The Balaban J connectivity index is 1.53. The van der Waals surface area contributed by atoms with E-state index < -0.39 is 0 Å². The summed E-state index contributed by atoms with van der Waals surface area (Å²) in [6, 6.07) is 19.6. The molecule has 0 bridgehead atoms. The second-order valence-electron chi connectivity index (χ2n) is 7.69. The van der Waals surface area contributed by atoms with E-state index in [1.54, 1.807) is 6.26 Å². The molecule has 3 aromatic rings. The molecule has 0 fully saturated rings. The number of hydrogen-bond donors (Lipinski definition) is 2. The molecule has 2 N–H and O–H groups in total.